The molecule has 1 aliphatic rings. The van der Waals surface area contributed by atoms with Crippen LogP contribution < -0.4 is 10.2 Å². The van der Waals surface area contributed by atoms with Gasteiger partial charge in [0.25, 0.3) is 6.47 Å². The first-order valence-electron chi connectivity index (χ1n) is 9.20. The van der Waals surface area contributed by atoms with Crippen LogP contribution >= 0.6 is 11.3 Å². The number of piperazine rings is 1. The topological polar surface area (TPSA) is 104 Å². The molecular formula is C18H26N6O3S. The van der Waals surface area contributed by atoms with Crippen LogP contribution in [0.2, 0.25) is 0 Å². The van der Waals surface area contributed by atoms with Crippen LogP contribution in [0.15, 0.2) is 12.3 Å². The van der Waals surface area contributed by atoms with E-state index in [1.165, 1.54) is 11.3 Å². The second-order valence-corrected chi connectivity index (χ2v) is 8.12. The van der Waals surface area contributed by atoms with Gasteiger partial charge in [-0.1, -0.05) is 11.3 Å². The number of rotatable bonds is 8. The first kappa shape index (κ1) is 20.4. The summed E-state index contributed by atoms with van der Waals surface area (Å²) >= 11 is 1.42. The zero-order valence-electron chi connectivity index (χ0n) is 16.4. The number of anilines is 3. The van der Waals surface area contributed by atoms with Crippen LogP contribution in [0.4, 0.5) is 16.8 Å². The van der Waals surface area contributed by atoms with E-state index in [4.69, 9.17) is 9.84 Å². The minimum Gasteiger partial charge on any atom is -0.456 e. The number of nitrogens with zero attached hydrogens (tertiary/aromatic N) is 5. The Morgan fingerprint density at radius 2 is 2.07 bits per heavy atom. The molecule has 3 heterocycles. The Labute approximate surface area is 168 Å². The van der Waals surface area contributed by atoms with E-state index in [9.17, 15) is 4.79 Å². The molecule has 0 spiro atoms. The summed E-state index contributed by atoms with van der Waals surface area (Å²) in [5.74, 6) is 2.23. The standard InChI is InChI=1S/C18H26N6O3S/c1-13-20-15(22-17-19-11-14(28-17)18(2,3)27-12-26)10-16(21-13)24-6-4-23(5-7-24)8-9-25/h10-12,25H,4-9H2,1-3H3,(H,19,20,21,22). The van der Waals surface area contributed by atoms with Gasteiger partial charge in [-0.2, -0.15) is 0 Å². The summed E-state index contributed by atoms with van der Waals surface area (Å²) in [7, 11) is 0. The molecule has 10 heteroatoms. The fraction of sp³-hybridized carbons (Fsp3) is 0.556. The van der Waals surface area contributed by atoms with Crippen molar-refractivity contribution >= 4 is 34.6 Å². The number of carbonyl (C=O) groups is 1. The quantitative estimate of drug-likeness (QED) is 0.631. The maximum atomic E-state index is 10.7. The number of aliphatic hydroxyl groups excluding tert-OH is 1. The smallest absolute Gasteiger partial charge is 0.293 e. The molecular weight excluding hydrogens is 380 g/mol. The van der Waals surface area contributed by atoms with Crippen molar-refractivity contribution in [1.29, 1.82) is 0 Å². The molecule has 2 aromatic rings. The van der Waals surface area contributed by atoms with E-state index in [1.54, 1.807) is 6.20 Å². The van der Waals surface area contributed by atoms with Gasteiger partial charge in [0.05, 0.1) is 11.5 Å². The lowest BCUT2D eigenvalue weighted by atomic mass is 10.1. The Hall–Kier alpha value is -2.30. The summed E-state index contributed by atoms with van der Waals surface area (Å²) in [5, 5.41) is 13.0. The van der Waals surface area contributed by atoms with Crippen LogP contribution in [0.25, 0.3) is 0 Å². The summed E-state index contributed by atoms with van der Waals surface area (Å²) in [6.07, 6.45) is 1.70. The zero-order valence-corrected chi connectivity index (χ0v) is 17.2. The van der Waals surface area contributed by atoms with Crippen LogP contribution in [-0.4, -0.2) is 70.8 Å². The number of thiazole rings is 1. The average molecular weight is 407 g/mol. The van der Waals surface area contributed by atoms with Gasteiger partial charge in [-0.15, -0.1) is 0 Å². The van der Waals surface area contributed by atoms with Crippen molar-refractivity contribution in [2.24, 2.45) is 0 Å². The normalized spacial score (nSPS) is 15.5. The van der Waals surface area contributed by atoms with Crippen molar-refractivity contribution in [1.82, 2.24) is 19.9 Å². The van der Waals surface area contributed by atoms with Crippen molar-refractivity contribution in [3.05, 3.63) is 23.0 Å². The molecule has 2 aromatic heterocycles. The first-order valence-corrected chi connectivity index (χ1v) is 10.0. The van der Waals surface area contributed by atoms with E-state index in [1.807, 2.05) is 26.8 Å². The van der Waals surface area contributed by atoms with E-state index in [0.29, 0.717) is 29.8 Å². The van der Waals surface area contributed by atoms with Gasteiger partial charge in [0.2, 0.25) is 0 Å². The minimum atomic E-state index is -0.722. The lowest BCUT2D eigenvalue weighted by Crippen LogP contribution is -2.47. The van der Waals surface area contributed by atoms with Gasteiger partial charge in [0.1, 0.15) is 23.1 Å². The molecule has 3 rings (SSSR count). The zero-order chi connectivity index (χ0) is 20.1. The molecule has 0 saturated carbocycles. The number of aromatic nitrogens is 3. The summed E-state index contributed by atoms with van der Waals surface area (Å²) in [6, 6.07) is 1.92. The third kappa shape index (κ3) is 4.94. The number of hydrogen-bond donors (Lipinski definition) is 2. The van der Waals surface area contributed by atoms with Crippen LogP contribution in [0.5, 0.6) is 0 Å². The summed E-state index contributed by atoms with van der Waals surface area (Å²) in [4.78, 5) is 29.4. The van der Waals surface area contributed by atoms with Crippen molar-refractivity contribution in [3.63, 3.8) is 0 Å². The SMILES string of the molecule is Cc1nc(Nc2ncc(C(C)(C)OC=O)s2)cc(N2CCN(CCO)CC2)n1. The highest BCUT2D eigenvalue weighted by molar-refractivity contribution is 7.15. The van der Waals surface area contributed by atoms with Gasteiger partial charge in [-0.3, -0.25) is 9.69 Å². The highest BCUT2D eigenvalue weighted by Crippen LogP contribution is 2.32. The number of aliphatic hydroxyl groups is 1. The van der Waals surface area contributed by atoms with E-state index in [2.05, 4.69) is 30.1 Å². The molecule has 28 heavy (non-hydrogen) atoms. The first-order chi connectivity index (χ1) is 13.4. The monoisotopic (exact) mass is 406 g/mol. The summed E-state index contributed by atoms with van der Waals surface area (Å²) in [6.45, 7) is 10.4. The molecule has 0 bridgehead atoms. The fourth-order valence-electron chi connectivity index (χ4n) is 3.02. The van der Waals surface area contributed by atoms with Crippen molar-refractivity contribution in [2.45, 2.75) is 26.4 Å². The number of nitrogens with one attached hydrogen (secondary N) is 1. The third-order valence-corrected chi connectivity index (χ3v) is 5.83. The molecule has 1 saturated heterocycles. The predicted octanol–water partition coefficient (Wildman–Crippen LogP) is 1.51. The highest BCUT2D eigenvalue weighted by atomic mass is 32.1. The van der Waals surface area contributed by atoms with Crippen molar-refractivity contribution in [2.75, 3.05) is 49.5 Å². The van der Waals surface area contributed by atoms with Crippen LogP contribution in [0.1, 0.15) is 24.5 Å². The fourth-order valence-corrected chi connectivity index (χ4v) is 3.89. The van der Waals surface area contributed by atoms with E-state index < -0.39 is 5.60 Å². The van der Waals surface area contributed by atoms with Crippen molar-refractivity contribution < 1.29 is 14.6 Å². The highest BCUT2D eigenvalue weighted by Gasteiger charge is 2.25. The lowest BCUT2D eigenvalue weighted by molar-refractivity contribution is -0.140. The Balaban J connectivity index is 1.71. The van der Waals surface area contributed by atoms with Gasteiger partial charge < -0.3 is 20.1 Å². The van der Waals surface area contributed by atoms with Gasteiger partial charge in [-0.25, -0.2) is 15.0 Å². The number of ether oxygens (including phenoxy) is 1. The maximum absolute atomic E-state index is 10.7. The molecule has 152 valence electrons. The minimum absolute atomic E-state index is 0.186. The number of β-amino-alcohol motifs (C(OH)–C–C–N with tert-alkyl or cyclic N) is 1. The summed E-state index contributed by atoms with van der Waals surface area (Å²) in [5.41, 5.74) is -0.722. The van der Waals surface area contributed by atoms with Crippen molar-refractivity contribution in [3.8, 4) is 0 Å². The van der Waals surface area contributed by atoms with Crippen LogP contribution in [-0.2, 0) is 15.1 Å². The molecule has 2 N–H and O–H groups in total. The molecule has 0 unspecified atom stereocenters. The molecule has 0 atom stereocenters. The van der Waals surface area contributed by atoms with Gasteiger partial charge in [-0.05, 0) is 20.8 Å². The molecule has 1 aliphatic heterocycles. The van der Waals surface area contributed by atoms with Gasteiger partial charge >= 0.3 is 0 Å². The van der Waals surface area contributed by atoms with E-state index >= 15 is 0 Å². The number of aryl methyl sites for hydroxylation is 1. The van der Waals surface area contributed by atoms with Gasteiger partial charge in [0, 0.05) is 45.0 Å². The molecule has 0 amide bonds. The largest absolute Gasteiger partial charge is 0.456 e. The summed E-state index contributed by atoms with van der Waals surface area (Å²) < 4.78 is 5.13. The molecule has 0 radical (unpaired) electrons. The molecule has 9 nitrogen and oxygen atoms in total. The van der Waals surface area contributed by atoms with E-state index in [-0.39, 0.29) is 6.61 Å². The molecule has 0 aromatic carbocycles. The second kappa shape index (κ2) is 8.80. The second-order valence-electron chi connectivity index (χ2n) is 7.09. The Bertz CT molecular complexity index is 804. The maximum Gasteiger partial charge on any atom is 0.293 e. The number of carbonyl (C=O) groups excluding carboxylic acids is 1. The Morgan fingerprint density at radius 1 is 1.32 bits per heavy atom. The van der Waals surface area contributed by atoms with E-state index in [0.717, 1.165) is 36.9 Å². The van der Waals surface area contributed by atoms with Crippen LogP contribution in [0.3, 0.4) is 0 Å². The van der Waals surface area contributed by atoms with Gasteiger partial charge in [0.15, 0.2) is 5.13 Å². The third-order valence-electron chi connectivity index (χ3n) is 4.61. The lowest BCUT2D eigenvalue weighted by Gasteiger charge is -2.35. The Morgan fingerprint density at radius 3 is 2.75 bits per heavy atom. The average Bonchev–Trinajstić information content (AvgIpc) is 3.11. The number of hydrogen-bond acceptors (Lipinski definition) is 10. The van der Waals surface area contributed by atoms with Crippen LogP contribution in [0, 0.1) is 6.92 Å². The molecule has 1 fully saturated rings. The predicted molar refractivity (Wildman–Crippen MR) is 108 cm³/mol. The molecule has 0 aliphatic carbocycles. The Kier molecular flexibility index (Phi) is 6.42.